The molecule has 4 aromatic rings. The third kappa shape index (κ3) is 4.94. The highest BCUT2D eigenvalue weighted by Gasteiger charge is 2.44. The van der Waals surface area contributed by atoms with Gasteiger partial charge in [0.05, 0.1) is 26.5 Å². The summed E-state index contributed by atoms with van der Waals surface area (Å²) in [4.78, 5) is 29.9. The fourth-order valence-corrected chi connectivity index (χ4v) is 5.24. The van der Waals surface area contributed by atoms with Crippen LogP contribution < -0.4 is 10.6 Å². The van der Waals surface area contributed by atoms with Crippen LogP contribution in [0.15, 0.2) is 60.7 Å². The molecule has 2 atom stereocenters. The molecule has 0 spiro atoms. The second kappa shape index (κ2) is 9.22. The molecular weight excluding hydrogens is 511 g/mol. The lowest BCUT2D eigenvalue weighted by molar-refractivity contribution is -0.137. The molecule has 0 radical (unpaired) electrons. The van der Waals surface area contributed by atoms with Crippen LogP contribution in [0.5, 0.6) is 0 Å². The number of amides is 2. The summed E-state index contributed by atoms with van der Waals surface area (Å²) >= 11 is 7.45. The van der Waals surface area contributed by atoms with Crippen LogP contribution in [-0.2, 0) is 11.0 Å². The Morgan fingerprint density at radius 1 is 1.06 bits per heavy atom. The minimum Gasteiger partial charge on any atom is -0.320 e. The zero-order chi connectivity index (χ0) is 25.6. The minimum absolute atomic E-state index is 0.120. The van der Waals surface area contributed by atoms with Gasteiger partial charge in [-0.1, -0.05) is 47.2 Å². The van der Waals surface area contributed by atoms with E-state index in [1.54, 1.807) is 30.3 Å². The highest BCUT2D eigenvalue weighted by molar-refractivity contribution is 7.22. The van der Waals surface area contributed by atoms with Gasteiger partial charge in [0.2, 0.25) is 5.91 Å². The average molecular weight is 530 g/mol. The number of benzene rings is 3. The van der Waals surface area contributed by atoms with E-state index in [1.165, 1.54) is 23.5 Å². The van der Waals surface area contributed by atoms with E-state index in [4.69, 9.17) is 11.6 Å². The van der Waals surface area contributed by atoms with Crippen molar-refractivity contribution < 1.29 is 22.8 Å². The predicted molar refractivity (Wildman–Crippen MR) is 135 cm³/mol. The van der Waals surface area contributed by atoms with Crippen molar-refractivity contribution in [1.82, 2.24) is 4.98 Å². The lowest BCUT2D eigenvalue weighted by atomic mass is 10.1. The summed E-state index contributed by atoms with van der Waals surface area (Å²) in [6.45, 7) is 1.85. The third-order valence-corrected chi connectivity index (χ3v) is 7.38. The number of alkyl halides is 3. The van der Waals surface area contributed by atoms with Crippen LogP contribution >= 0.6 is 22.9 Å². The number of hydrogen-bond acceptors (Lipinski definition) is 4. The van der Waals surface area contributed by atoms with Crippen molar-refractivity contribution in [2.45, 2.75) is 25.4 Å². The van der Waals surface area contributed by atoms with Crippen LogP contribution in [0, 0.1) is 12.8 Å². The summed E-state index contributed by atoms with van der Waals surface area (Å²) in [5, 5.41) is 6.48. The van der Waals surface area contributed by atoms with Gasteiger partial charge in [0.15, 0.2) is 5.13 Å². The Morgan fingerprint density at radius 2 is 1.81 bits per heavy atom. The summed E-state index contributed by atoms with van der Waals surface area (Å²) in [6, 6.07) is 15.3. The van der Waals surface area contributed by atoms with Gasteiger partial charge in [-0.15, -0.1) is 0 Å². The molecule has 10 heteroatoms. The first-order valence-electron chi connectivity index (χ1n) is 11.1. The van der Waals surface area contributed by atoms with E-state index in [9.17, 15) is 22.8 Å². The number of carbonyl (C=O) groups is 2. The van der Waals surface area contributed by atoms with E-state index in [1.807, 2.05) is 13.0 Å². The van der Waals surface area contributed by atoms with E-state index in [0.717, 1.165) is 22.4 Å². The second-order valence-corrected chi connectivity index (χ2v) is 10.1. The van der Waals surface area contributed by atoms with E-state index in [-0.39, 0.29) is 23.7 Å². The summed E-state index contributed by atoms with van der Waals surface area (Å²) in [5.41, 5.74) is 2.45. The van der Waals surface area contributed by atoms with Crippen molar-refractivity contribution >= 4 is 55.8 Å². The number of thiazole rings is 1. The highest BCUT2D eigenvalue weighted by atomic mass is 35.5. The molecule has 5 nitrogen and oxygen atoms in total. The lowest BCUT2D eigenvalue weighted by Gasteiger charge is -2.10. The highest BCUT2D eigenvalue weighted by Crippen LogP contribution is 2.48. The van der Waals surface area contributed by atoms with Crippen molar-refractivity contribution in [3.05, 3.63) is 87.9 Å². The zero-order valence-corrected chi connectivity index (χ0v) is 20.4. The molecular formula is C26H19ClF3N3O2S. The Balaban J connectivity index is 1.25. The van der Waals surface area contributed by atoms with Gasteiger partial charge in [0.25, 0.3) is 5.91 Å². The Bertz CT molecular complexity index is 1460. The van der Waals surface area contributed by atoms with Crippen LogP contribution in [0.3, 0.4) is 0 Å². The summed E-state index contributed by atoms with van der Waals surface area (Å²) in [7, 11) is 0. The minimum atomic E-state index is -4.39. The molecule has 0 saturated heterocycles. The number of aryl methyl sites for hydroxylation is 1. The number of halogens is 4. The first-order chi connectivity index (χ1) is 17.1. The molecule has 3 aromatic carbocycles. The maximum absolute atomic E-state index is 12.8. The standard InChI is InChI=1S/C26H19ClF3N3O2S/c1-13-3-2-4-19(27)22(13)32-23(34)15-7-10-20-21(11-15)36-25(31-20)33-24(35)18-12-17(18)14-5-8-16(9-6-14)26(28,29)30/h2-11,17-18H,12H2,1H3,(H,32,34)(H,31,33,35). The van der Waals surface area contributed by atoms with Crippen LogP contribution in [-0.4, -0.2) is 16.8 Å². The first-order valence-corrected chi connectivity index (χ1v) is 12.2. The number of carbonyl (C=O) groups excluding carboxylic acids is 2. The molecule has 5 rings (SSSR count). The number of hydrogen-bond donors (Lipinski definition) is 2. The number of rotatable bonds is 5. The molecule has 1 heterocycles. The van der Waals surface area contributed by atoms with Gasteiger partial charge in [-0.25, -0.2) is 4.98 Å². The van der Waals surface area contributed by atoms with Gasteiger partial charge in [-0.05, 0) is 66.8 Å². The maximum atomic E-state index is 12.8. The third-order valence-electron chi connectivity index (χ3n) is 6.13. The molecule has 1 aromatic heterocycles. The molecule has 0 bridgehead atoms. The second-order valence-electron chi connectivity index (χ2n) is 8.65. The van der Waals surface area contributed by atoms with Gasteiger partial charge in [0.1, 0.15) is 0 Å². The zero-order valence-electron chi connectivity index (χ0n) is 18.8. The molecule has 2 unspecified atom stereocenters. The van der Waals surface area contributed by atoms with Gasteiger partial charge < -0.3 is 10.6 Å². The Hall–Kier alpha value is -3.43. The number of para-hydroxylation sites is 1. The van der Waals surface area contributed by atoms with Crippen molar-refractivity contribution in [2.75, 3.05) is 10.6 Å². The van der Waals surface area contributed by atoms with Crippen molar-refractivity contribution in [2.24, 2.45) is 5.92 Å². The van der Waals surface area contributed by atoms with Crippen LogP contribution in [0.4, 0.5) is 24.0 Å². The molecule has 1 fully saturated rings. The molecule has 1 aliphatic rings. The lowest BCUT2D eigenvalue weighted by Crippen LogP contribution is -2.14. The fraction of sp³-hybridized carbons (Fsp3) is 0.192. The Labute approximate surface area is 213 Å². The average Bonchev–Trinajstić information content (AvgIpc) is 3.54. The van der Waals surface area contributed by atoms with E-state index >= 15 is 0 Å². The molecule has 36 heavy (non-hydrogen) atoms. The Kier molecular flexibility index (Phi) is 6.22. The number of anilines is 2. The van der Waals surface area contributed by atoms with Gasteiger partial charge in [0, 0.05) is 11.5 Å². The molecule has 0 aliphatic heterocycles. The number of aromatic nitrogens is 1. The smallest absolute Gasteiger partial charge is 0.320 e. The van der Waals surface area contributed by atoms with Crippen molar-refractivity contribution in [3.8, 4) is 0 Å². The van der Waals surface area contributed by atoms with Crippen LogP contribution in [0.25, 0.3) is 10.2 Å². The van der Waals surface area contributed by atoms with E-state index in [0.29, 0.717) is 38.9 Å². The quantitative estimate of drug-likeness (QED) is 0.285. The SMILES string of the molecule is Cc1cccc(Cl)c1NC(=O)c1ccc2nc(NC(=O)C3CC3c3ccc(C(F)(F)F)cc3)sc2c1. The van der Waals surface area contributed by atoms with Gasteiger partial charge in [-0.3, -0.25) is 9.59 Å². The van der Waals surface area contributed by atoms with Crippen LogP contribution in [0.1, 0.15) is 39.4 Å². The van der Waals surface area contributed by atoms with E-state index < -0.39 is 11.7 Å². The molecule has 2 N–H and O–H groups in total. The molecule has 1 saturated carbocycles. The fourth-order valence-electron chi connectivity index (χ4n) is 4.07. The van der Waals surface area contributed by atoms with Gasteiger partial charge in [-0.2, -0.15) is 13.2 Å². The van der Waals surface area contributed by atoms with E-state index in [2.05, 4.69) is 15.6 Å². The molecule has 2 amide bonds. The summed E-state index contributed by atoms with van der Waals surface area (Å²) in [6.07, 6.45) is -3.83. The Morgan fingerprint density at radius 3 is 2.50 bits per heavy atom. The number of nitrogens with zero attached hydrogens (tertiary/aromatic N) is 1. The van der Waals surface area contributed by atoms with Crippen molar-refractivity contribution in [1.29, 1.82) is 0 Å². The van der Waals surface area contributed by atoms with Crippen LogP contribution in [0.2, 0.25) is 5.02 Å². The first kappa shape index (κ1) is 24.3. The largest absolute Gasteiger partial charge is 0.416 e. The van der Waals surface area contributed by atoms with Crippen molar-refractivity contribution in [3.63, 3.8) is 0 Å². The van der Waals surface area contributed by atoms with Gasteiger partial charge >= 0.3 is 6.18 Å². The maximum Gasteiger partial charge on any atom is 0.416 e. The normalized spacial score (nSPS) is 17.1. The topological polar surface area (TPSA) is 71.1 Å². The summed E-state index contributed by atoms with van der Waals surface area (Å²) in [5.74, 6) is -0.991. The summed E-state index contributed by atoms with van der Waals surface area (Å²) < 4.78 is 39.0. The monoisotopic (exact) mass is 529 g/mol. The number of fused-ring (bicyclic) bond motifs is 1. The molecule has 184 valence electrons. The predicted octanol–water partition coefficient (Wildman–Crippen LogP) is 7.27. The molecule has 1 aliphatic carbocycles. The number of nitrogens with one attached hydrogen (secondary N) is 2.